The van der Waals surface area contributed by atoms with E-state index >= 15 is 0 Å². The maximum absolute atomic E-state index is 14.0. The van der Waals surface area contributed by atoms with Crippen molar-refractivity contribution >= 4 is 23.5 Å². The lowest BCUT2D eigenvalue weighted by Crippen LogP contribution is -2.65. The first-order valence-corrected chi connectivity index (χ1v) is 18.2. The quantitative estimate of drug-likeness (QED) is 0.0944. The molecule has 0 spiro atoms. The number of aromatic hydroxyl groups is 3. The van der Waals surface area contributed by atoms with Crippen LogP contribution in [0.2, 0.25) is 0 Å². The molecule has 0 amide bonds. The molecule has 0 bridgehead atoms. The Morgan fingerprint density at radius 1 is 0.831 bits per heavy atom. The number of rotatable bonds is 9. The van der Waals surface area contributed by atoms with E-state index in [9.17, 15) is 60.0 Å². The molecule has 3 aromatic carbocycles. The molecule has 3 aromatic rings. The van der Waals surface area contributed by atoms with Crippen LogP contribution in [-0.4, -0.2) is 152 Å². The van der Waals surface area contributed by atoms with E-state index in [1.807, 2.05) is 0 Å². The van der Waals surface area contributed by atoms with Crippen LogP contribution in [0.3, 0.4) is 0 Å². The summed E-state index contributed by atoms with van der Waals surface area (Å²) < 4.78 is 33.7. The molecular weight excluding hydrogens is 786 g/mol. The second kappa shape index (κ2) is 15.7. The minimum atomic E-state index is -1.90. The summed E-state index contributed by atoms with van der Waals surface area (Å²) in [6, 6.07) is 3.78. The SMILES string of the molecule is CN[C@@H]1[C@H](O[C@@H]2OC[C@@H](O)[C@H](O)[C@H]2O)[C@@H](O)[C@H](O[C@H]2c3cc(C)c(C(=O)OCC(=O)O)c(O)c3-c3c(cc4c(c3O)C(=O)c3cc(OC)cc(O)c3C4=O)[C@@H]2O)O[C@@H]1C. The summed E-state index contributed by atoms with van der Waals surface area (Å²) in [4.78, 5) is 52.5. The van der Waals surface area contributed by atoms with E-state index in [4.69, 9.17) is 33.5 Å². The third kappa shape index (κ3) is 6.85. The molecule has 4 aliphatic rings. The Bertz CT molecular complexity index is 2240. The molecule has 316 valence electrons. The van der Waals surface area contributed by atoms with Gasteiger partial charge in [-0.25, -0.2) is 9.59 Å². The highest BCUT2D eigenvalue weighted by atomic mass is 16.7. The number of phenolic OH excluding ortho intramolecular Hbond substituents is 3. The van der Waals surface area contributed by atoms with Crippen LogP contribution in [0.15, 0.2) is 24.3 Å². The van der Waals surface area contributed by atoms with E-state index in [-0.39, 0.29) is 28.0 Å². The summed E-state index contributed by atoms with van der Waals surface area (Å²) in [5.74, 6) is -7.11. The number of aryl methyl sites for hydroxylation is 1. The van der Waals surface area contributed by atoms with Crippen LogP contribution in [0.25, 0.3) is 11.1 Å². The van der Waals surface area contributed by atoms with Gasteiger partial charge in [-0.15, -0.1) is 0 Å². The van der Waals surface area contributed by atoms with Crippen molar-refractivity contribution in [2.24, 2.45) is 0 Å². The minimum absolute atomic E-state index is 0.00986. The smallest absolute Gasteiger partial charge is 0.342 e. The van der Waals surface area contributed by atoms with Gasteiger partial charge in [0.25, 0.3) is 0 Å². The maximum atomic E-state index is 14.0. The Morgan fingerprint density at radius 3 is 2.15 bits per heavy atom. The first-order chi connectivity index (χ1) is 27.9. The summed E-state index contributed by atoms with van der Waals surface area (Å²) in [5.41, 5.74) is -3.68. The minimum Gasteiger partial charge on any atom is -0.507 e. The molecule has 10 N–H and O–H groups in total. The highest BCUT2D eigenvalue weighted by molar-refractivity contribution is 6.31. The van der Waals surface area contributed by atoms with Gasteiger partial charge < -0.3 is 79.7 Å². The largest absolute Gasteiger partial charge is 0.507 e. The number of carboxylic acid groups (broad SMARTS) is 1. The Labute approximate surface area is 333 Å². The van der Waals surface area contributed by atoms with Gasteiger partial charge in [0, 0.05) is 28.3 Å². The molecule has 20 heteroatoms. The molecule has 2 fully saturated rings. The number of fused-ring (bicyclic) bond motifs is 5. The molecule has 7 rings (SSSR count). The molecule has 2 aliphatic heterocycles. The van der Waals surface area contributed by atoms with Crippen LogP contribution >= 0.6 is 0 Å². The standard InChI is InChI=1S/C39H41NO19/c1-11-5-17-24(31(49)21(11)37(53)55-10-20(43)44)23-15(8-16-25(32(23)50)28(46)14-6-13(54-4)7-18(41)22(14)27(16)45)29(47)35(17)58-39-34(52)36(26(40-3)12(2)57-39)59-38-33(51)30(48)19(42)9-56-38/h5-8,12,19,26,29-30,33-36,38-42,47-52H,9-10H2,1-4H3,(H,43,44)/t12-,19-,26+,29+,30+,33-,34-,35+,36+,38+,39+/m1/s1. The number of phenols is 3. The molecule has 0 saturated carbocycles. The van der Waals surface area contributed by atoms with Gasteiger partial charge >= 0.3 is 11.9 Å². The number of carboxylic acids is 1. The molecule has 11 atom stereocenters. The molecule has 2 heterocycles. The number of aliphatic carboxylic acids is 1. The number of ketones is 2. The average Bonchev–Trinajstić information content (AvgIpc) is 3.18. The monoisotopic (exact) mass is 827 g/mol. The van der Waals surface area contributed by atoms with Crippen molar-refractivity contribution in [3.63, 3.8) is 0 Å². The number of hydrogen-bond acceptors (Lipinski definition) is 19. The molecule has 20 nitrogen and oxygen atoms in total. The Hall–Kier alpha value is -5.26. The fourth-order valence-corrected chi connectivity index (χ4v) is 8.14. The van der Waals surface area contributed by atoms with Crippen molar-refractivity contribution in [2.45, 2.75) is 81.3 Å². The van der Waals surface area contributed by atoms with Crippen LogP contribution in [-0.2, 0) is 28.5 Å². The fourth-order valence-electron chi connectivity index (χ4n) is 8.14. The van der Waals surface area contributed by atoms with Gasteiger partial charge in [-0.3, -0.25) is 9.59 Å². The Morgan fingerprint density at radius 2 is 1.49 bits per heavy atom. The summed E-state index contributed by atoms with van der Waals surface area (Å²) in [6.07, 6.45) is -15.6. The zero-order chi connectivity index (χ0) is 42.9. The molecule has 0 aromatic heterocycles. The predicted molar refractivity (Wildman–Crippen MR) is 194 cm³/mol. The van der Waals surface area contributed by atoms with Gasteiger partial charge in [0.05, 0.1) is 37.0 Å². The number of ether oxygens (including phenoxy) is 6. The van der Waals surface area contributed by atoms with Crippen molar-refractivity contribution < 1.29 is 93.6 Å². The topological polar surface area (TPSA) is 318 Å². The van der Waals surface area contributed by atoms with Gasteiger partial charge in [0.2, 0.25) is 0 Å². The van der Waals surface area contributed by atoms with Crippen molar-refractivity contribution in [3.8, 4) is 34.1 Å². The second-order valence-corrected chi connectivity index (χ2v) is 14.6. The zero-order valence-corrected chi connectivity index (χ0v) is 31.7. The van der Waals surface area contributed by atoms with E-state index in [1.54, 1.807) is 6.92 Å². The summed E-state index contributed by atoms with van der Waals surface area (Å²) in [5, 5.41) is 101. The van der Waals surface area contributed by atoms with Gasteiger partial charge in [-0.05, 0) is 49.7 Å². The third-order valence-corrected chi connectivity index (χ3v) is 11.0. The highest BCUT2D eigenvalue weighted by Crippen LogP contribution is 2.57. The average molecular weight is 828 g/mol. The lowest BCUT2D eigenvalue weighted by atomic mass is 9.74. The Kier molecular flexibility index (Phi) is 11.2. The van der Waals surface area contributed by atoms with Crippen LogP contribution in [0.1, 0.15) is 78.0 Å². The number of aliphatic hydroxyl groups excluding tert-OH is 5. The van der Waals surface area contributed by atoms with Crippen molar-refractivity contribution in [1.29, 1.82) is 0 Å². The maximum Gasteiger partial charge on any atom is 0.342 e. The number of carbonyl (C=O) groups excluding carboxylic acids is 3. The highest BCUT2D eigenvalue weighted by Gasteiger charge is 2.51. The van der Waals surface area contributed by atoms with E-state index in [0.29, 0.717) is 0 Å². The first kappa shape index (κ1) is 41.9. The normalized spacial score (nSPS) is 29.8. The summed E-state index contributed by atoms with van der Waals surface area (Å²) in [7, 11) is 2.79. The summed E-state index contributed by atoms with van der Waals surface area (Å²) in [6.45, 7) is 1.43. The fraction of sp³-hybridized carbons (Fsp3) is 0.436. The van der Waals surface area contributed by atoms with Crippen molar-refractivity contribution in [3.05, 3.63) is 68.8 Å². The van der Waals surface area contributed by atoms with Crippen molar-refractivity contribution in [2.75, 3.05) is 27.4 Å². The number of benzene rings is 3. The van der Waals surface area contributed by atoms with Gasteiger partial charge in [-0.2, -0.15) is 0 Å². The number of nitrogens with one attached hydrogen (secondary N) is 1. The number of aliphatic hydroxyl groups is 5. The molecular formula is C39H41NO19. The number of carbonyl (C=O) groups is 4. The van der Waals surface area contributed by atoms with Crippen molar-refractivity contribution in [1.82, 2.24) is 5.32 Å². The van der Waals surface area contributed by atoms with Gasteiger partial charge in [-0.1, -0.05) is 6.07 Å². The van der Waals surface area contributed by atoms with Crippen LogP contribution in [0.4, 0.5) is 0 Å². The number of likely N-dealkylation sites (N-methyl/N-ethyl adjacent to an activating group) is 1. The zero-order valence-electron chi connectivity index (χ0n) is 31.7. The van der Waals surface area contributed by atoms with E-state index in [1.165, 1.54) is 33.2 Å². The van der Waals surface area contributed by atoms with E-state index in [2.05, 4.69) is 5.32 Å². The molecule has 0 unspecified atom stereocenters. The van der Waals surface area contributed by atoms with Gasteiger partial charge in [0.1, 0.15) is 71.3 Å². The number of hydrogen-bond donors (Lipinski definition) is 10. The number of esters is 1. The van der Waals surface area contributed by atoms with E-state index in [0.717, 1.165) is 12.1 Å². The second-order valence-electron chi connectivity index (χ2n) is 14.6. The van der Waals surface area contributed by atoms with Crippen LogP contribution in [0.5, 0.6) is 23.0 Å². The molecule has 0 radical (unpaired) electrons. The Balaban J connectivity index is 1.36. The van der Waals surface area contributed by atoms with E-state index < -0.39 is 155 Å². The lowest BCUT2D eigenvalue weighted by molar-refractivity contribution is -0.339. The predicted octanol–water partition coefficient (Wildman–Crippen LogP) is -0.573. The first-order valence-electron chi connectivity index (χ1n) is 18.2. The molecule has 59 heavy (non-hydrogen) atoms. The molecule has 2 saturated heterocycles. The summed E-state index contributed by atoms with van der Waals surface area (Å²) >= 11 is 0. The lowest BCUT2D eigenvalue weighted by Gasteiger charge is -2.47. The third-order valence-electron chi connectivity index (χ3n) is 11.0. The van der Waals surface area contributed by atoms with Gasteiger partial charge in [0.15, 0.2) is 30.8 Å². The number of methoxy groups -OCH3 is 1. The molecule has 2 aliphatic carbocycles. The van der Waals surface area contributed by atoms with Crippen LogP contribution < -0.4 is 10.1 Å². The van der Waals surface area contributed by atoms with Crippen LogP contribution in [0, 0.1) is 6.92 Å².